The molecule has 0 bridgehead atoms. The SMILES string of the molecule is COC(=O)c1c2c(c(C(=O)OC)n1Cc1ccc(OC)cc1)OCC(C)(C)CO2. The number of methoxy groups -OCH3 is 3. The van der Waals surface area contributed by atoms with Crippen LogP contribution in [-0.2, 0) is 16.0 Å². The van der Waals surface area contributed by atoms with Gasteiger partial charge < -0.3 is 28.3 Å². The number of hydrogen-bond donors (Lipinski definition) is 0. The molecule has 0 aliphatic carbocycles. The lowest BCUT2D eigenvalue weighted by molar-refractivity contribution is 0.0569. The van der Waals surface area contributed by atoms with Gasteiger partial charge in [-0.3, -0.25) is 0 Å². The second-order valence-corrected chi connectivity index (χ2v) is 7.51. The van der Waals surface area contributed by atoms with Crippen LogP contribution in [0.4, 0.5) is 0 Å². The molecule has 1 aromatic heterocycles. The number of rotatable bonds is 5. The van der Waals surface area contributed by atoms with Gasteiger partial charge in [0, 0.05) is 12.0 Å². The number of esters is 2. The number of benzene rings is 1. The van der Waals surface area contributed by atoms with Gasteiger partial charge in [0.05, 0.1) is 34.5 Å². The van der Waals surface area contributed by atoms with Crippen LogP contribution in [0.3, 0.4) is 0 Å². The average Bonchev–Trinajstić information content (AvgIpc) is 2.94. The second-order valence-electron chi connectivity index (χ2n) is 7.51. The van der Waals surface area contributed by atoms with Gasteiger partial charge in [0.15, 0.2) is 22.9 Å². The van der Waals surface area contributed by atoms with E-state index in [9.17, 15) is 9.59 Å². The van der Waals surface area contributed by atoms with Crippen LogP contribution < -0.4 is 14.2 Å². The molecule has 8 heteroatoms. The highest BCUT2D eigenvalue weighted by Gasteiger charge is 2.38. The summed E-state index contributed by atoms with van der Waals surface area (Å²) >= 11 is 0. The molecule has 1 aromatic carbocycles. The summed E-state index contributed by atoms with van der Waals surface area (Å²) < 4.78 is 28.5. The van der Waals surface area contributed by atoms with E-state index < -0.39 is 11.9 Å². The van der Waals surface area contributed by atoms with E-state index >= 15 is 0 Å². The van der Waals surface area contributed by atoms with Crippen molar-refractivity contribution in [1.29, 1.82) is 0 Å². The van der Waals surface area contributed by atoms with E-state index in [-0.39, 0.29) is 34.8 Å². The smallest absolute Gasteiger partial charge is 0.358 e. The highest BCUT2D eigenvalue weighted by atomic mass is 16.6. The molecule has 2 aromatic rings. The lowest BCUT2D eigenvalue weighted by atomic mass is 9.97. The van der Waals surface area contributed by atoms with E-state index in [1.165, 1.54) is 18.8 Å². The summed E-state index contributed by atoms with van der Waals surface area (Å²) in [4.78, 5) is 25.3. The Kier molecular flexibility index (Phi) is 5.72. The summed E-state index contributed by atoms with van der Waals surface area (Å²) in [6, 6.07) is 7.29. The lowest BCUT2D eigenvalue weighted by Gasteiger charge is -2.21. The van der Waals surface area contributed by atoms with Crippen LogP contribution in [-0.4, -0.2) is 51.0 Å². The standard InChI is InChI=1S/C21H25NO7/c1-21(2)11-28-17-15(19(23)26-4)22(10-13-6-8-14(25-3)9-7-13)16(20(24)27-5)18(17)29-12-21/h6-9H,10-12H2,1-5H3. The third-order valence-corrected chi connectivity index (χ3v) is 4.65. The topological polar surface area (TPSA) is 85.2 Å². The van der Waals surface area contributed by atoms with Crippen LogP contribution in [0.2, 0.25) is 0 Å². The molecule has 0 saturated carbocycles. The largest absolute Gasteiger partial charge is 0.497 e. The number of ether oxygens (including phenoxy) is 5. The summed E-state index contributed by atoms with van der Waals surface area (Å²) in [7, 11) is 4.14. The van der Waals surface area contributed by atoms with Gasteiger partial charge in [0.1, 0.15) is 5.75 Å². The molecular weight excluding hydrogens is 378 g/mol. The summed E-state index contributed by atoms with van der Waals surface area (Å²) in [5.41, 5.74) is 0.757. The maximum atomic E-state index is 12.6. The van der Waals surface area contributed by atoms with Crippen molar-refractivity contribution in [3.63, 3.8) is 0 Å². The van der Waals surface area contributed by atoms with Crippen LogP contribution in [0.25, 0.3) is 0 Å². The van der Waals surface area contributed by atoms with Crippen molar-refractivity contribution in [3.05, 3.63) is 41.2 Å². The van der Waals surface area contributed by atoms with Gasteiger partial charge in [-0.2, -0.15) is 0 Å². The number of nitrogens with zero attached hydrogens (tertiary/aromatic N) is 1. The summed E-state index contributed by atoms with van der Waals surface area (Å²) in [5, 5.41) is 0. The molecule has 8 nitrogen and oxygen atoms in total. The van der Waals surface area contributed by atoms with Crippen LogP contribution >= 0.6 is 0 Å². The molecular formula is C21H25NO7. The minimum atomic E-state index is -0.631. The Morgan fingerprint density at radius 3 is 1.83 bits per heavy atom. The minimum Gasteiger partial charge on any atom is -0.497 e. The Bertz CT molecular complexity index is 865. The molecule has 0 saturated heterocycles. The first-order chi connectivity index (χ1) is 13.8. The highest BCUT2D eigenvalue weighted by molar-refractivity contribution is 5.99. The van der Waals surface area contributed by atoms with E-state index in [1.807, 2.05) is 26.0 Å². The molecule has 0 N–H and O–H groups in total. The summed E-state index contributed by atoms with van der Waals surface area (Å²) in [6.07, 6.45) is 0. The second kappa shape index (κ2) is 8.06. The molecule has 29 heavy (non-hydrogen) atoms. The third-order valence-electron chi connectivity index (χ3n) is 4.65. The fourth-order valence-corrected chi connectivity index (χ4v) is 3.09. The van der Waals surface area contributed by atoms with Crippen molar-refractivity contribution >= 4 is 11.9 Å². The van der Waals surface area contributed by atoms with E-state index in [0.29, 0.717) is 19.0 Å². The zero-order chi connectivity index (χ0) is 21.2. The summed E-state index contributed by atoms with van der Waals surface area (Å²) in [6.45, 7) is 4.79. The van der Waals surface area contributed by atoms with E-state index in [4.69, 9.17) is 23.7 Å². The van der Waals surface area contributed by atoms with Crippen molar-refractivity contribution in [3.8, 4) is 17.2 Å². The number of carbonyl (C=O) groups is 2. The molecule has 0 unspecified atom stereocenters. The Labute approximate surface area is 169 Å². The molecule has 0 fully saturated rings. The third kappa shape index (κ3) is 4.01. The zero-order valence-electron chi connectivity index (χ0n) is 17.2. The predicted molar refractivity (Wildman–Crippen MR) is 104 cm³/mol. The van der Waals surface area contributed by atoms with E-state index in [0.717, 1.165) is 5.56 Å². The predicted octanol–water partition coefficient (Wildman–Crippen LogP) is 2.92. The van der Waals surface area contributed by atoms with Crippen LogP contribution in [0.15, 0.2) is 24.3 Å². The first-order valence-electron chi connectivity index (χ1n) is 9.13. The van der Waals surface area contributed by atoms with Crippen LogP contribution in [0.1, 0.15) is 40.4 Å². The van der Waals surface area contributed by atoms with Crippen molar-refractivity contribution in [2.75, 3.05) is 34.5 Å². The van der Waals surface area contributed by atoms with Gasteiger partial charge in [0.2, 0.25) is 0 Å². The van der Waals surface area contributed by atoms with Crippen molar-refractivity contribution in [1.82, 2.24) is 4.57 Å². The fourth-order valence-electron chi connectivity index (χ4n) is 3.09. The Balaban J connectivity index is 2.17. The molecule has 156 valence electrons. The molecule has 0 radical (unpaired) electrons. The van der Waals surface area contributed by atoms with Crippen LogP contribution in [0, 0.1) is 5.41 Å². The molecule has 3 rings (SSSR count). The highest BCUT2D eigenvalue weighted by Crippen LogP contribution is 2.43. The Morgan fingerprint density at radius 1 is 0.931 bits per heavy atom. The molecule has 0 atom stereocenters. The molecule has 2 heterocycles. The molecule has 0 spiro atoms. The van der Waals surface area contributed by atoms with Gasteiger partial charge in [0.25, 0.3) is 0 Å². The Morgan fingerprint density at radius 2 is 1.41 bits per heavy atom. The maximum Gasteiger partial charge on any atom is 0.358 e. The van der Waals surface area contributed by atoms with Gasteiger partial charge in [-0.1, -0.05) is 26.0 Å². The van der Waals surface area contributed by atoms with E-state index in [1.54, 1.807) is 19.2 Å². The van der Waals surface area contributed by atoms with E-state index in [2.05, 4.69) is 0 Å². The minimum absolute atomic E-state index is 0.108. The van der Waals surface area contributed by atoms with Gasteiger partial charge in [-0.25, -0.2) is 9.59 Å². The first-order valence-corrected chi connectivity index (χ1v) is 9.13. The molecule has 0 amide bonds. The van der Waals surface area contributed by atoms with Gasteiger partial charge in [-0.05, 0) is 17.7 Å². The monoisotopic (exact) mass is 403 g/mol. The fraction of sp³-hybridized carbons (Fsp3) is 0.429. The van der Waals surface area contributed by atoms with Crippen molar-refractivity contribution < 1.29 is 33.3 Å². The normalized spacial score (nSPS) is 14.7. The lowest BCUT2D eigenvalue weighted by Crippen LogP contribution is -2.27. The van der Waals surface area contributed by atoms with Crippen LogP contribution in [0.5, 0.6) is 17.2 Å². The average molecular weight is 403 g/mol. The summed E-state index contributed by atoms with van der Waals surface area (Å²) in [5.74, 6) is -0.179. The molecule has 1 aliphatic heterocycles. The number of hydrogen-bond acceptors (Lipinski definition) is 7. The quantitative estimate of drug-likeness (QED) is 0.710. The van der Waals surface area contributed by atoms with Gasteiger partial charge in [-0.15, -0.1) is 0 Å². The number of fused-ring (bicyclic) bond motifs is 1. The Hall–Kier alpha value is -3.16. The number of aromatic nitrogens is 1. The number of carbonyl (C=O) groups excluding carboxylic acids is 2. The molecule has 1 aliphatic rings. The maximum absolute atomic E-state index is 12.6. The van der Waals surface area contributed by atoms with Gasteiger partial charge >= 0.3 is 11.9 Å². The van der Waals surface area contributed by atoms with Crippen molar-refractivity contribution in [2.24, 2.45) is 5.41 Å². The first kappa shape index (κ1) is 20.6. The van der Waals surface area contributed by atoms with Crippen molar-refractivity contribution in [2.45, 2.75) is 20.4 Å². The zero-order valence-corrected chi connectivity index (χ0v) is 17.2.